The summed E-state index contributed by atoms with van der Waals surface area (Å²) in [5.41, 5.74) is 10.3. The van der Waals surface area contributed by atoms with Crippen LogP contribution in [-0.4, -0.2) is 38.7 Å². The number of rotatable bonds is 6. The number of urea groups is 1. The summed E-state index contributed by atoms with van der Waals surface area (Å²) in [4.78, 5) is 25.2. The molecule has 3 aromatic heterocycles. The van der Waals surface area contributed by atoms with Crippen molar-refractivity contribution in [2.45, 2.75) is 40.5 Å². The largest absolute Gasteiger partial charge is 0.383 e. The number of aryl methyl sites for hydroxylation is 1. The molecule has 1 aromatic carbocycles. The summed E-state index contributed by atoms with van der Waals surface area (Å²) in [6.45, 7) is 9.87. The molecule has 0 radical (unpaired) electrons. The Morgan fingerprint density at radius 1 is 1.08 bits per heavy atom. The van der Waals surface area contributed by atoms with E-state index < -0.39 is 11.8 Å². The fraction of sp³-hybridized carbons (Fsp3) is 0.250. The first-order valence-electron chi connectivity index (χ1n) is 12.3. The molecule has 9 nitrogen and oxygen atoms in total. The summed E-state index contributed by atoms with van der Waals surface area (Å²) in [5, 5.41) is 9.90. The van der Waals surface area contributed by atoms with Crippen molar-refractivity contribution in [3.63, 3.8) is 0 Å². The van der Waals surface area contributed by atoms with Crippen molar-refractivity contribution >= 4 is 23.4 Å². The highest BCUT2D eigenvalue weighted by molar-refractivity contribution is 6.04. The van der Waals surface area contributed by atoms with Gasteiger partial charge in [0.15, 0.2) is 0 Å². The zero-order chi connectivity index (χ0) is 27.8. The molecule has 0 bridgehead atoms. The number of pyridine rings is 2. The van der Waals surface area contributed by atoms with Gasteiger partial charge in [-0.15, -0.1) is 0 Å². The van der Waals surface area contributed by atoms with Gasteiger partial charge in [-0.2, -0.15) is 5.10 Å². The lowest BCUT2D eigenvalue weighted by Crippen LogP contribution is -2.22. The summed E-state index contributed by atoms with van der Waals surface area (Å²) < 4.78 is 16.6. The maximum atomic E-state index is 15.1. The third-order valence-electron chi connectivity index (χ3n) is 5.61. The van der Waals surface area contributed by atoms with E-state index in [2.05, 4.69) is 30.7 Å². The third-order valence-corrected chi connectivity index (χ3v) is 5.61. The first-order valence-corrected chi connectivity index (χ1v) is 12.3. The van der Waals surface area contributed by atoms with E-state index in [1.54, 1.807) is 54.7 Å². The molecule has 3 heterocycles. The molecule has 198 valence electrons. The third kappa shape index (κ3) is 6.20. The van der Waals surface area contributed by atoms with Crippen molar-refractivity contribution in [1.82, 2.24) is 19.7 Å². The van der Waals surface area contributed by atoms with Crippen LogP contribution in [-0.2, 0) is 0 Å². The Labute approximate surface area is 222 Å². The van der Waals surface area contributed by atoms with Crippen LogP contribution in [0.2, 0.25) is 0 Å². The monoisotopic (exact) mass is 516 g/mol. The van der Waals surface area contributed by atoms with Gasteiger partial charge in [-0.3, -0.25) is 20.3 Å². The molecule has 0 aliphatic heterocycles. The Balaban J connectivity index is 0.00000195. The van der Waals surface area contributed by atoms with Gasteiger partial charge >= 0.3 is 6.03 Å². The molecule has 10 heteroatoms. The minimum Gasteiger partial charge on any atom is -0.383 e. The van der Waals surface area contributed by atoms with Gasteiger partial charge in [0, 0.05) is 42.8 Å². The molecule has 0 spiro atoms. The van der Waals surface area contributed by atoms with E-state index in [-0.39, 0.29) is 11.6 Å². The molecule has 4 rings (SSSR count). The van der Waals surface area contributed by atoms with Crippen molar-refractivity contribution < 1.29 is 9.18 Å². The number of aromatic nitrogens is 4. The Bertz CT molecular complexity index is 1430. The molecule has 0 atom stereocenters. The highest BCUT2D eigenvalue weighted by atomic mass is 19.1. The number of hydrogen-bond acceptors (Lipinski definition) is 5. The van der Waals surface area contributed by atoms with Gasteiger partial charge < -0.3 is 11.1 Å². The van der Waals surface area contributed by atoms with Crippen LogP contribution in [0.15, 0.2) is 66.2 Å². The van der Waals surface area contributed by atoms with E-state index in [4.69, 9.17) is 5.73 Å². The number of carbonyl (C=O) groups excluding carboxylic acids is 1. The number of benzene rings is 1. The molecule has 0 saturated heterocycles. The minimum absolute atomic E-state index is 0.0204. The fourth-order valence-electron chi connectivity index (χ4n) is 3.74. The van der Waals surface area contributed by atoms with Crippen LogP contribution in [0.3, 0.4) is 0 Å². The van der Waals surface area contributed by atoms with Gasteiger partial charge in [-0.1, -0.05) is 33.8 Å². The number of nitrogens with zero attached hydrogens (tertiary/aromatic N) is 5. The number of hydrogen-bond donors (Lipinski definition) is 3. The Kier molecular flexibility index (Phi) is 9.26. The molecular formula is C28H33FN8O. The van der Waals surface area contributed by atoms with Crippen LogP contribution in [0.25, 0.3) is 16.8 Å². The standard InChI is InChI=1S/C26H27FN8O.C2H6/c1-15(2)22-11-23(35(34-22)18-6-5-9-30-13-18)33-26(36)32-21-8-7-17(10-20(21)27)19-14-31-12-16(3)24(19)25(28)29-4;1-2/h5-15H,1-4H3,(H2,28,29)(H2,32,33,36);1-2H3. The van der Waals surface area contributed by atoms with Gasteiger partial charge in [-0.25, -0.2) is 13.9 Å². The highest BCUT2D eigenvalue weighted by Gasteiger charge is 2.17. The average Bonchev–Trinajstić information content (AvgIpc) is 3.35. The fourth-order valence-corrected chi connectivity index (χ4v) is 3.74. The van der Waals surface area contributed by atoms with Crippen molar-refractivity contribution in [3.05, 3.63) is 83.8 Å². The predicted octanol–water partition coefficient (Wildman–Crippen LogP) is 5.91. The molecule has 4 aromatic rings. The molecule has 2 amide bonds. The van der Waals surface area contributed by atoms with E-state index in [0.717, 1.165) is 11.3 Å². The van der Waals surface area contributed by atoms with Crippen molar-refractivity contribution in [1.29, 1.82) is 0 Å². The minimum atomic E-state index is -0.609. The number of amidine groups is 1. The molecule has 0 fully saturated rings. The second kappa shape index (κ2) is 12.6. The normalized spacial score (nSPS) is 11.1. The lowest BCUT2D eigenvalue weighted by molar-refractivity contribution is 0.262. The lowest BCUT2D eigenvalue weighted by Gasteiger charge is -2.13. The quantitative estimate of drug-likeness (QED) is 0.217. The molecule has 38 heavy (non-hydrogen) atoms. The number of amides is 2. The van der Waals surface area contributed by atoms with Gasteiger partial charge in [0.25, 0.3) is 0 Å². The smallest absolute Gasteiger partial charge is 0.324 e. The van der Waals surface area contributed by atoms with Gasteiger partial charge in [-0.05, 0) is 48.2 Å². The second-order valence-electron chi connectivity index (χ2n) is 8.49. The van der Waals surface area contributed by atoms with E-state index >= 15 is 4.39 Å². The molecule has 0 saturated carbocycles. The first kappa shape index (κ1) is 28.0. The predicted molar refractivity (Wildman–Crippen MR) is 150 cm³/mol. The summed E-state index contributed by atoms with van der Waals surface area (Å²) in [6.07, 6.45) is 6.58. The topological polar surface area (TPSA) is 123 Å². The van der Waals surface area contributed by atoms with Gasteiger partial charge in [0.05, 0.1) is 23.3 Å². The van der Waals surface area contributed by atoms with Crippen molar-refractivity contribution in [2.75, 3.05) is 17.7 Å². The van der Waals surface area contributed by atoms with Crippen LogP contribution >= 0.6 is 0 Å². The second-order valence-corrected chi connectivity index (χ2v) is 8.49. The summed E-state index contributed by atoms with van der Waals surface area (Å²) in [7, 11) is 1.59. The van der Waals surface area contributed by atoms with Crippen LogP contribution in [0.1, 0.15) is 50.4 Å². The number of anilines is 2. The van der Waals surface area contributed by atoms with E-state index in [1.165, 1.54) is 12.1 Å². The number of carbonyl (C=O) groups is 1. The van der Waals surface area contributed by atoms with E-state index in [9.17, 15) is 4.79 Å². The van der Waals surface area contributed by atoms with Crippen molar-refractivity contribution in [3.8, 4) is 16.8 Å². The molecule has 4 N–H and O–H groups in total. The zero-order valence-corrected chi connectivity index (χ0v) is 22.5. The van der Waals surface area contributed by atoms with Crippen molar-refractivity contribution in [2.24, 2.45) is 10.7 Å². The Morgan fingerprint density at radius 3 is 2.47 bits per heavy atom. The SMILES string of the molecule is CC.CN=C(N)c1c(C)cncc1-c1ccc(NC(=O)Nc2cc(C(C)C)nn2-c2cccnc2)c(F)c1. The molecular weight excluding hydrogens is 483 g/mol. The number of nitrogens with two attached hydrogens (primary N) is 1. The van der Waals surface area contributed by atoms with E-state index in [1.807, 2.05) is 40.7 Å². The zero-order valence-electron chi connectivity index (χ0n) is 22.5. The maximum absolute atomic E-state index is 15.1. The van der Waals surface area contributed by atoms with Crippen LogP contribution in [0.5, 0.6) is 0 Å². The molecule has 0 aliphatic carbocycles. The summed E-state index contributed by atoms with van der Waals surface area (Å²) in [5.74, 6) is 0.305. The number of aliphatic imine (C=N–C) groups is 1. The number of halogens is 1. The van der Waals surface area contributed by atoms with Crippen LogP contribution < -0.4 is 16.4 Å². The van der Waals surface area contributed by atoms with Crippen LogP contribution in [0, 0.1) is 12.7 Å². The van der Waals surface area contributed by atoms with E-state index in [0.29, 0.717) is 34.0 Å². The molecule has 0 unspecified atom stereocenters. The summed E-state index contributed by atoms with van der Waals surface area (Å²) >= 11 is 0. The summed E-state index contributed by atoms with van der Waals surface area (Å²) in [6, 6.07) is 9.30. The highest BCUT2D eigenvalue weighted by Crippen LogP contribution is 2.29. The van der Waals surface area contributed by atoms with Gasteiger partial charge in [0.1, 0.15) is 17.5 Å². The number of nitrogens with one attached hydrogen (secondary N) is 2. The Hall–Kier alpha value is -4.60. The lowest BCUT2D eigenvalue weighted by atomic mass is 9.97. The first-order chi connectivity index (χ1) is 18.3. The Morgan fingerprint density at radius 2 is 1.84 bits per heavy atom. The van der Waals surface area contributed by atoms with Crippen LogP contribution in [0.4, 0.5) is 20.7 Å². The maximum Gasteiger partial charge on any atom is 0.324 e. The molecule has 0 aliphatic rings. The van der Waals surface area contributed by atoms with Gasteiger partial charge in [0.2, 0.25) is 0 Å². The average molecular weight is 517 g/mol.